The number of nitrogens with two attached hydrogens (primary N) is 1. The quantitative estimate of drug-likeness (QED) is 0.626. The largest absolute Gasteiger partial charge is 0.356 e. The number of hydrogen-bond acceptors (Lipinski definition) is 3. The summed E-state index contributed by atoms with van der Waals surface area (Å²) < 4.78 is 13.6. The maximum absolute atomic E-state index is 13.1. The van der Waals surface area contributed by atoms with Gasteiger partial charge in [-0.2, -0.15) is 0 Å². The number of carbonyl (C=O) groups excluding carboxylic acids is 2. The fraction of sp³-hybridized carbons (Fsp3) is 0.385. The number of hydrogen-bond donors (Lipinski definition) is 3. The van der Waals surface area contributed by atoms with Crippen LogP contribution < -0.4 is 16.4 Å². The average Bonchev–Trinajstić information content (AvgIpc) is 2.41. The van der Waals surface area contributed by atoms with Crippen molar-refractivity contribution in [3.8, 4) is 0 Å². The Hall–Kier alpha value is -1.18. The van der Waals surface area contributed by atoms with E-state index in [0.29, 0.717) is 24.0 Å². The lowest BCUT2D eigenvalue weighted by molar-refractivity contribution is -0.120. The van der Waals surface area contributed by atoms with E-state index in [1.54, 1.807) is 0 Å². The molecule has 118 valence electrons. The Balaban J connectivity index is 0.00000400. The maximum atomic E-state index is 13.1. The Labute approximate surface area is 137 Å². The van der Waals surface area contributed by atoms with Crippen LogP contribution in [0.3, 0.4) is 0 Å². The number of rotatable bonds is 7. The lowest BCUT2D eigenvalue weighted by atomic mass is 10.2. The molecule has 0 spiro atoms. The van der Waals surface area contributed by atoms with Crippen LogP contribution in [0.1, 0.15) is 23.2 Å². The lowest BCUT2D eigenvalue weighted by Crippen LogP contribution is -2.31. The topological polar surface area (TPSA) is 84.2 Å². The average molecular weight is 383 g/mol. The minimum absolute atomic E-state index is 0. The van der Waals surface area contributed by atoms with Gasteiger partial charge in [-0.3, -0.25) is 9.59 Å². The zero-order valence-corrected chi connectivity index (χ0v) is 13.7. The second-order valence-electron chi connectivity index (χ2n) is 4.12. The van der Waals surface area contributed by atoms with Crippen LogP contribution in [-0.2, 0) is 4.79 Å². The molecular weight excluding hydrogens is 365 g/mol. The van der Waals surface area contributed by atoms with Crippen LogP contribution in [0, 0.1) is 5.82 Å². The van der Waals surface area contributed by atoms with Crippen molar-refractivity contribution in [1.29, 1.82) is 0 Å². The number of carbonyl (C=O) groups is 2. The van der Waals surface area contributed by atoms with Crippen LogP contribution in [0.4, 0.5) is 4.39 Å². The van der Waals surface area contributed by atoms with Gasteiger partial charge in [0.1, 0.15) is 5.82 Å². The summed E-state index contributed by atoms with van der Waals surface area (Å²) in [7, 11) is 0. The lowest BCUT2D eigenvalue weighted by Gasteiger charge is -2.07. The molecule has 0 aromatic heterocycles. The Morgan fingerprint density at radius 1 is 1.24 bits per heavy atom. The predicted molar refractivity (Wildman–Crippen MR) is 85.0 cm³/mol. The van der Waals surface area contributed by atoms with Crippen LogP contribution in [0.2, 0.25) is 0 Å². The van der Waals surface area contributed by atoms with Gasteiger partial charge in [0.2, 0.25) is 5.91 Å². The molecule has 1 aromatic rings. The smallest absolute Gasteiger partial charge is 0.252 e. The summed E-state index contributed by atoms with van der Waals surface area (Å²) >= 11 is 3.18. The molecule has 1 aromatic carbocycles. The second-order valence-corrected chi connectivity index (χ2v) is 4.98. The molecule has 4 N–H and O–H groups in total. The van der Waals surface area contributed by atoms with Gasteiger partial charge < -0.3 is 16.4 Å². The molecule has 0 radical (unpaired) electrons. The molecule has 8 heteroatoms. The predicted octanol–water partition coefficient (Wildman–Crippen LogP) is 1.59. The summed E-state index contributed by atoms with van der Waals surface area (Å²) in [6.45, 7) is 1.24. The SMILES string of the molecule is Cl.NCCCNC(=O)CCNC(=O)c1cc(F)ccc1Br. The highest BCUT2D eigenvalue weighted by Crippen LogP contribution is 2.17. The molecule has 0 aliphatic carbocycles. The summed E-state index contributed by atoms with van der Waals surface area (Å²) in [6, 6.07) is 3.86. The highest BCUT2D eigenvalue weighted by molar-refractivity contribution is 9.10. The zero-order valence-electron chi connectivity index (χ0n) is 11.3. The van der Waals surface area contributed by atoms with Crippen molar-refractivity contribution in [1.82, 2.24) is 10.6 Å². The Bertz CT molecular complexity index is 488. The maximum Gasteiger partial charge on any atom is 0.252 e. The van der Waals surface area contributed by atoms with E-state index in [4.69, 9.17) is 5.73 Å². The minimum Gasteiger partial charge on any atom is -0.356 e. The van der Waals surface area contributed by atoms with Crippen molar-refractivity contribution in [3.05, 3.63) is 34.1 Å². The van der Waals surface area contributed by atoms with E-state index in [9.17, 15) is 14.0 Å². The Kier molecular flexibility index (Phi) is 9.94. The molecule has 0 bridgehead atoms. The first-order chi connectivity index (χ1) is 9.54. The van der Waals surface area contributed by atoms with E-state index in [1.807, 2.05) is 0 Å². The fourth-order valence-electron chi connectivity index (χ4n) is 1.47. The number of amides is 2. The van der Waals surface area contributed by atoms with E-state index >= 15 is 0 Å². The van der Waals surface area contributed by atoms with E-state index in [1.165, 1.54) is 12.1 Å². The molecule has 0 saturated heterocycles. The van der Waals surface area contributed by atoms with Gasteiger partial charge in [0.15, 0.2) is 0 Å². The van der Waals surface area contributed by atoms with Gasteiger partial charge in [-0.25, -0.2) is 4.39 Å². The molecule has 0 atom stereocenters. The Morgan fingerprint density at radius 3 is 2.62 bits per heavy atom. The van der Waals surface area contributed by atoms with Gasteiger partial charge in [0.05, 0.1) is 5.56 Å². The van der Waals surface area contributed by atoms with Crippen molar-refractivity contribution in [2.45, 2.75) is 12.8 Å². The van der Waals surface area contributed by atoms with Gasteiger partial charge in [-0.1, -0.05) is 0 Å². The molecule has 0 saturated carbocycles. The van der Waals surface area contributed by atoms with Gasteiger partial charge in [-0.15, -0.1) is 12.4 Å². The van der Waals surface area contributed by atoms with Crippen molar-refractivity contribution < 1.29 is 14.0 Å². The third kappa shape index (κ3) is 7.40. The van der Waals surface area contributed by atoms with Crippen LogP contribution in [0.15, 0.2) is 22.7 Å². The first-order valence-corrected chi connectivity index (χ1v) is 7.04. The highest BCUT2D eigenvalue weighted by atomic mass is 79.9. The summed E-state index contributed by atoms with van der Waals surface area (Å²) in [5.74, 6) is -1.07. The van der Waals surface area contributed by atoms with Crippen molar-refractivity contribution in [3.63, 3.8) is 0 Å². The molecular formula is C13H18BrClFN3O2. The number of benzene rings is 1. The van der Waals surface area contributed by atoms with Crippen LogP contribution in [0.5, 0.6) is 0 Å². The van der Waals surface area contributed by atoms with Crippen LogP contribution >= 0.6 is 28.3 Å². The van der Waals surface area contributed by atoms with Crippen molar-refractivity contribution >= 4 is 40.2 Å². The monoisotopic (exact) mass is 381 g/mol. The first kappa shape index (κ1) is 19.8. The normalized spacial score (nSPS) is 9.67. The molecule has 5 nitrogen and oxygen atoms in total. The standard InChI is InChI=1S/C13H17BrFN3O2.ClH/c14-11-3-2-9(15)8-10(11)13(20)18-7-4-12(19)17-6-1-5-16;/h2-3,8H,1,4-7,16H2,(H,17,19)(H,18,20);1H. The van der Waals surface area contributed by atoms with E-state index < -0.39 is 11.7 Å². The molecule has 1 rings (SSSR count). The van der Waals surface area contributed by atoms with Gasteiger partial charge in [-0.05, 0) is 47.1 Å². The molecule has 0 heterocycles. The minimum atomic E-state index is -0.488. The van der Waals surface area contributed by atoms with Crippen molar-refractivity contribution in [2.24, 2.45) is 5.73 Å². The van der Waals surface area contributed by atoms with E-state index in [0.717, 1.165) is 6.07 Å². The summed E-state index contributed by atoms with van der Waals surface area (Å²) in [5.41, 5.74) is 5.50. The van der Waals surface area contributed by atoms with Gasteiger partial charge in [0, 0.05) is 24.0 Å². The molecule has 21 heavy (non-hydrogen) atoms. The highest BCUT2D eigenvalue weighted by Gasteiger charge is 2.11. The van der Waals surface area contributed by atoms with Gasteiger partial charge >= 0.3 is 0 Å². The fourth-order valence-corrected chi connectivity index (χ4v) is 1.90. The van der Waals surface area contributed by atoms with Crippen molar-refractivity contribution in [2.75, 3.05) is 19.6 Å². The van der Waals surface area contributed by atoms with E-state index in [2.05, 4.69) is 26.6 Å². The van der Waals surface area contributed by atoms with Crippen LogP contribution in [-0.4, -0.2) is 31.4 Å². The summed E-state index contributed by atoms with van der Waals surface area (Å²) in [4.78, 5) is 23.2. The molecule has 0 fully saturated rings. The first-order valence-electron chi connectivity index (χ1n) is 6.24. The summed E-state index contributed by atoms with van der Waals surface area (Å²) in [5, 5.41) is 5.25. The zero-order chi connectivity index (χ0) is 15.0. The third-order valence-corrected chi connectivity index (χ3v) is 3.21. The molecule has 0 unspecified atom stereocenters. The summed E-state index contributed by atoms with van der Waals surface area (Å²) in [6.07, 6.45) is 0.886. The molecule has 0 aliphatic rings. The van der Waals surface area contributed by atoms with E-state index in [-0.39, 0.29) is 36.8 Å². The molecule has 2 amide bonds. The van der Waals surface area contributed by atoms with Crippen LogP contribution in [0.25, 0.3) is 0 Å². The number of halogens is 3. The third-order valence-electron chi connectivity index (χ3n) is 2.51. The van der Waals surface area contributed by atoms with Gasteiger partial charge in [0.25, 0.3) is 5.91 Å². The molecule has 0 aliphatic heterocycles. The second kappa shape index (κ2) is 10.5. The number of nitrogens with one attached hydrogen (secondary N) is 2. The Morgan fingerprint density at radius 2 is 1.95 bits per heavy atom.